The molecule has 2 aromatic carbocycles. The summed E-state index contributed by atoms with van der Waals surface area (Å²) in [5.74, 6) is 0.637. The highest BCUT2D eigenvalue weighted by Crippen LogP contribution is 2.18. The molecule has 0 heterocycles. The van der Waals surface area contributed by atoms with Crippen molar-refractivity contribution in [3.05, 3.63) is 65.2 Å². The number of aliphatic carboxylic acids is 1. The molecule has 27 heavy (non-hydrogen) atoms. The molecular weight excluding hydrogens is 338 g/mol. The van der Waals surface area contributed by atoms with E-state index in [1.807, 2.05) is 18.2 Å². The van der Waals surface area contributed by atoms with Crippen molar-refractivity contribution in [2.75, 3.05) is 13.2 Å². The Balaban J connectivity index is 2.06. The highest BCUT2D eigenvalue weighted by Gasteiger charge is 2.11. The highest BCUT2D eigenvalue weighted by atomic mass is 16.5. The van der Waals surface area contributed by atoms with Gasteiger partial charge < -0.3 is 9.84 Å². The van der Waals surface area contributed by atoms with E-state index in [1.54, 1.807) is 0 Å². The van der Waals surface area contributed by atoms with Crippen LogP contribution in [0.15, 0.2) is 48.5 Å². The Hall–Kier alpha value is -2.33. The number of aryl methyl sites for hydroxylation is 1. The van der Waals surface area contributed by atoms with Crippen molar-refractivity contribution in [1.29, 1.82) is 0 Å². The predicted octanol–water partition coefficient (Wildman–Crippen LogP) is 4.90. The summed E-state index contributed by atoms with van der Waals surface area (Å²) in [6.45, 7) is 9.07. The van der Waals surface area contributed by atoms with Crippen LogP contribution in [0.25, 0.3) is 0 Å². The lowest BCUT2D eigenvalue weighted by molar-refractivity contribution is -0.137. The Morgan fingerprint density at radius 3 is 2.41 bits per heavy atom. The molecule has 0 aliphatic rings. The average molecular weight is 370 g/mol. The molecule has 2 aromatic rings. The zero-order valence-corrected chi connectivity index (χ0v) is 16.6. The molecule has 1 N–H and O–H groups in total. The molecule has 4 heteroatoms. The molecule has 1 atom stereocenters. The Morgan fingerprint density at radius 1 is 1.11 bits per heavy atom. The average Bonchev–Trinajstić information content (AvgIpc) is 2.64. The molecular formula is C23H31NO3. The fraction of sp³-hybridized carbons (Fsp3) is 0.435. The molecule has 0 radical (unpaired) electrons. The van der Waals surface area contributed by atoms with E-state index in [4.69, 9.17) is 9.84 Å². The lowest BCUT2D eigenvalue weighted by Crippen LogP contribution is -2.25. The van der Waals surface area contributed by atoms with Gasteiger partial charge in [0.05, 0.1) is 13.0 Å². The molecule has 0 saturated carbocycles. The molecule has 0 amide bonds. The number of benzene rings is 2. The number of hydrogen-bond donors (Lipinski definition) is 1. The van der Waals surface area contributed by atoms with Crippen LogP contribution in [0.4, 0.5) is 0 Å². The maximum Gasteiger partial charge on any atom is 0.304 e. The number of nitrogens with zero attached hydrogens (tertiary/aromatic N) is 1. The lowest BCUT2D eigenvalue weighted by atomic mass is 10.1. The molecule has 0 fully saturated rings. The smallest absolute Gasteiger partial charge is 0.304 e. The fourth-order valence-electron chi connectivity index (χ4n) is 2.88. The quantitative estimate of drug-likeness (QED) is 0.612. The minimum absolute atomic E-state index is 0.135. The van der Waals surface area contributed by atoms with Crippen LogP contribution < -0.4 is 4.74 Å². The summed E-state index contributed by atoms with van der Waals surface area (Å²) in [6, 6.07) is 16.5. The molecule has 4 nitrogen and oxygen atoms in total. The molecule has 0 saturated heterocycles. The Bertz CT molecular complexity index is 729. The third-order valence-electron chi connectivity index (χ3n) is 4.67. The van der Waals surface area contributed by atoms with Gasteiger partial charge in [0.25, 0.3) is 0 Å². The Kier molecular flexibility index (Phi) is 8.34. The van der Waals surface area contributed by atoms with Crippen molar-refractivity contribution in [2.24, 2.45) is 5.92 Å². The van der Waals surface area contributed by atoms with Gasteiger partial charge in [-0.05, 0) is 36.1 Å². The van der Waals surface area contributed by atoms with Gasteiger partial charge in [-0.2, -0.15) is 0 Å². The second-order valence-electron chi connectivity index (χ2n) is 7.32. The SMILES string of the molecule is CCC(C)COc1cccc(CN(CCC(=O)O)Cc2cccc(C)c2)c1. The van der Waals surface area contributed by atoms with Crippen LogP contribution in [-0.2, 0) is 17.9 Å². The van der Waals surface area contributed by atoms with E-state index < -0.39 is 5.97 Å². The van der Waals surface area contributed by atoms with Gasteiger partial charge in [0.15, 0.2) is 0 Å². The molecule has 146 valence electrons. The summed E-state index contributed by atoms with van der Waals surface area (Å²) < 4.78 is 5.90. The molecule has 0 aromatic heterocycles. The van der Waals surface area contributed by atoms with Crippen LogP contribution in [0.3, 0.4) is 0 Å². The highest BCUT2D eigenvalue weighted by molar-refractivity contribution is 5.66. The number of carboxylic acids is 1. The molecule has 2 rings (SSSR count). The first-order valence-electron chi connectivity index (χ1n) is 9.67. The first-order valence-corrected chi connectivity index (χ1v) is 9.67. The first kappa shape index (κ1) is 21.0. The molecule has 0 spiro atoms. The normalized spacial score (nSPS) is 12.1. The van der Waals surface area contributed by atoms with E-state index in [9.17, 15) is 4.79 Å². The van der Waals surface area contributed by atoms with Gasteiger partial charge in [0.1, 0.15) is 5.75 Å². The van der Waals surface area contributed by atoms with Crippen LogP contribution in [0, 0.1) is 12.8 Å². The molecule has 0 bridgehead atoms. The number of ether oxygens (including phenoxy) is 1. The van der Waals surface area contributed by atoms with Crippen molar-refractivity contribution in [2.45, 2.75) is 46.7 Å². The van der Waals surface area contributed by atoms with Crippen molar-refractivity contribution >= 4 is 5.97 Å². The van der Waals surface area contributed by atoms with Crippen LogP contribution in [0.1, 0.15) is 43.4 Å². The zero-order valence-electron chi connectivity index (χ0n) is 16.6. The lowest BCUT2D eigenvalue weighted by Gasteiger charge is -2.22. The van der Waals surface area contributed by atoms with Gasteiger partial charge in [-0.3, -0.25) is 9.69 Å². The summed E-state index contributed by atoms with van der Waals surface area (Å²) in [7, 11) is 0. The molecule has 0 aliphatic carbocycles. The van der Waals surface area contributed by atoms with Gasteiger partial charge >= 0.3 is 5.97 Å². The minimum Gasteiger partial charge on any atom is -0.493 e. The second kappa shape index (κ2) is 10.7. The Labute approximate surface area is 162 Å². The van der Waals surface area contributed by atoms with Crippen LogP contribution in [0.2, 0.25) is 0 Å². The summed E-state index contributed by atoms with van der Waals surface area (Å²) >= 11 is 0. The molecule has 0 aliphatic heterocycles. The van der Waals surface area contributed by atoms with E-state index >= 15 is 0 Å². The summed E-state index contributed by atoms with van der Waals surface area (Å²) in [5.41, 5.74) is 3.55. The van der Waals surface area contributed by atoms with E-state index in [2.05, 4.69) is 56.0 Å². The number of hydrogen-bond acceptors (Lipinski definition) is 3. The van der Waals surface area contributed by atoms with Crippen LogP contribution in [0.5, 0.6) is 5.75 Å². The Morgan fingerprint density at radius 2 is 1.78 bits per heavy atom. The van der Waals surface area contributed by atoms with Gasteiger partial charge in [0, 0.05) is 19.6 Å². The minimum atomic E-state index is -0.769. The number of carboxylic acid groups (broad SMARTS) is 1. The zero-order chi connectivity index (χ0) is 19.6. The largest absolute Gasteiger partial charge is 0.493 e. The van der Waals surface area contributed by atoms with Crippen molar-refractivity contribution in [3.8, 4) is 5.75 Å². The van der Waals surface area contributed by atoms with Crippen molar-refractivity contribution < 1.29 is 14.6 Å². The van der Waals surface area contributed by atoms with E-state index in [0.29, 0.717) is 25.6 Å². The van der Waals surface area contributed by atoms with Gasteiger partial charge in [-0.1, -0.05) is 62.2 Å². The maximum absolute atomic E-state index is 11.0. The topological polar surface area (TPSA) is 49.8 Å². The van der Waals surface area contributed by atoms with Gasteiger partial charge in [0.2, 0.25) is 0 Å². The van der Waals surface area contributed by atoms with Gasteiger partial charge in [-0.25, -0.2) is 0 Å². The first-order chi connectivity index (χ1) is 13.0. The third kappa shape index (κ3) is 7.83. The third-order valence-corrected chi connectivity index (χ3v) is 4.67. The summed E-state index contributed by atoms with van der Waals surface area (Å²) in [5, 5.41) is 9.08. The standard InChI is InChI=1S/C23H31NO3/c1-4-18(2)17-27-22-10-6-9-21(14-22)16-24(12-11-23(25)26)15-20-8-5-7-19(3)13-20/h5-10,13-14,18H,4,11-12,15-17H2,1-3H3,(H,25,26). The second-order valence-corrected chi connectivity index (χ2v) is 7.32. The fourth-order valence-corrected chi connectivity index (χ4v) is 2.88. The van der Waals surface area contributed by atoms with E-state index in [-0.39, 0.29) is 6.42 Å². The monoisotopic (exact) mass is 369 g/mol. The molecule has 1 unspecified atom stereocenters. The van der Waals surface area contributed by atoms with Crippen molar-refractivity contribution in [1.82, 2.24) is 4.90 Å². The van der Waals surface area contributed by atoms with Gasteiger partial charge in [-0.15, -0.1) is 0 Å². The summed E-state index contributed by atoms with van der Waals surface area (Å²) in [6.07, 6.45) is 1.23. The summed E-state index contributed by atoms with van der Waals surface area (Å²) in [4.78, 5) is 13.2. The predicted molar refractivity (Wildman–Crippen MR) is 109 cm³/mol. The van der Waals surface area contributed by atoms with E-state index in [1.165, 1.54) is 11.1 Å². The maximum atomic E-state index is 11.0. The van der Waals surface area contributed by atoms with Crippen LogP contribution >= 0.6 is 0 Å². The van der Waals surface area contributed by atoms with Crippen LogP contribution in [-0.4, -0.2) is 29.1 Å². The number of carbonyl (C=O) groups is 1. The van der Waals surface area contributed by atoms with E-state index in [0.717, 1.165) is 24.3 Å². The number of rotatable bonds is 11. The van der Waals surface area contributed by atoms with Crippen molar-refractivity contribution in [3.63, 3.8) is 0 Å².